The summed E-state index contributed by atoms with van der Waals surface area (Å²) in [6.07, 6.45) is 0.681. The Morgan fingerprint density at radius 3 is 2.07 bits per heavy atom. The van der Waals surface area contributed by atoms with E-state index in [-0.39, 0.29) is 16.4 Å². The zero-order valence-electron chi connectivity index (χ0n) is 15.1. The van der Waals surface area contributed by atoms with Crippen LogP contribution in [0.4, 0.5) is 5.69 Å². The molecule has 0 atom stereocenters. The van der Waals surface area contributed by atoms with Gasteiger partial charge in [0.1, 0.15) is 5.75 Å². The molecule has 4 N–H and O–H groups in total. The lowest BCUT2D eigenvalue weighted by molar-refractivity contribution is -0.118. The highest BCUT2D eigenvalue weighted by Gasteiger charge is 2.13. The number of carbonyl (C=O) groups is 1. The minimum atomic E-state index is -3.80. The number of hydrogen-bond donors (Lipinski definition) is 3. The van der Waals surface area contributed by atoms with Crippen LogP contribution in [0.25, 0.3) is 0 Å². The molecule has 0 spiro atoms. The van der Waals surface area contributed by atoms with E-state index in [1.807, 2.05) is 6.92 Å². The molecule has 0 aliphatic rings. The lowest BCUT2D eigenvalue weighted by Crippen LogP contribution is -2.24. The molecule has 0 fully saturated rings. The van der Waals surface area contributed by atoms with Crippen molar-refractivity contribution in [1.82, 2.24) is 4.72 Å². The van der Waals surface area contributed by atoms with E-state index in [1.54, 1.807) is 0 Å². The molecule has 2 rings (SSSR count). The van der Waals surface area contributed by atoms with Crippen molar-refractivity contribution < 1.29 is 26.4 Å². The summed E-state index contributed by atoms with van der Waals surface area (Å²) in [5.41, 5.74) is 0.379. The minimum absolute atomic E-state index is 0.0646. The van der Waals surface area contributed by atoms with E-state index >= 15 is 0 Å². The number of nitrogens with one attached hydrogen (secondary N) is 2. The highest BCUT2D eigenvalue weighted by molar-refractivity contribution is 7.89. The average Bonchev–Trinajstić information content (AvgIpc) is 2.65. The molecule has 0 aliphatic heterocycles. The number of amides is 1. The van der Waals surface area contributed by atoms with Crippen LogP contribution in [0.2, 0.25) is 0 Å². The van der Waals surface area contributed by atoms with Crippen LogP contribution in [-0.4, -0.2) is 35.9 Å². The number of benzene rings is 2. The third-order valence-corrected chi connectivity index (χ3v) is 5.92. The summed E-state index contributed by atoms with van der Waals surface area (Å²) in [4.78, 5) is 12.0. The number of anilines is 1. The second kappa shape index (κ2) is 9.15. The number of primary sulfonamides is 1. The monoisotopic (exact) mass is 427 g/mol. The normalized spacial score (nSPS) is 11.8. The standard InChI is InChI=1S/C17H21N3O6S2/c1-2-11-19-28(24,25)16-9-5-14(6-10-16)26-12-17(21)20-13-3-7-15(8-4-13)27(18,22)23/h3-10,19H,2,11-12H2,1H3,(H,20,21)(H2,18,22,23). The second-order valence-electron chi connectivity index (χ2n) is 5.78. The van der Waals surface area contributed by atoms with Crippen LogP contribution in [0, 0.1) is 0 Å². The van der Waals surface area contributed by atoms with Crippen LogP contribution in [0.1, 0.15) is 13.3 Å². The first-order chi connectivity index (χ1) is 13.1. The molecule has 0 radical (unpaired) electrons. The summed E-state index contributed by atoms with van der Waals surface area (Å²) in [6.45, 7) is 1.90. The maximum absolute atomic E-state index is 12.0. The third-order valence-electron chi connectivity index (χ3n) is 3.51. The summed E-state index contributed by atoms with van der Waals surface area (Å²) < 4.78 is 54.2. The summed E-state index contributed by atoms with van der Waals surface area (Å²) in [5.74, 6) is -0.140. The molecule has 28 heavy (non-hydrogen) atoms. The van der Waals surface area contributed by atoms with Crippen LogP contribution < -0.4 is 19.9 Å². The number of nitrogens with two attached hydrogens (primary N) is 1. The van der Waals surface area contributed by atoms with Crippen LogP contribution >= 0.6 is 0 Å². The first kappa shape index (κ1) is 21.8. The van der Waals surface area contributed by atoms with Gasteiger partial charge in [-0.15, -0.1) is 0 Å². The van der Waals surface area contributed by atoms with Crippen molar-refractivity contribution in [1.29, 1.82) is 0 Å². The van der Waals surface area contributed by atoms with Crippen molar-refractivity contribution in [2.75, 3.05) is 18.5 Å². The molecule has 152 valence electrons. The van der Waals surface area contributed by atoms with E-state index in [4.69, 9.17) is 9.88 Å². The fraction of sp³-hybridized carbons (Fsp3) is 0.235. The Morgan fingerprint density at radius 2 is 1.54 bits per heavy atom. The number of carbonyl (C=O) groups excluding carboxylic acids is 1. The zero-order valence-corrected chi connectivity index (χ0v) is 16.7. The number of ether oxygens (including phenoxy) is 1. The van der Waals surface area contributed by atoms with E-state index in [0.29, 0.717) is 24.4 Å². The van der Waals surface area contributed by atoms with Gasteiger partial charge in [0.2, 0.25) is 20.0 Å². The topological polar surface area (TPSA) is 145 Å². The summed E-state index contributed by atoms with van der Waals surface area (Å²) in [7, 11) is -7.36. The van der Waals surface area contributed by atoms with Crippen molar-refractivity contribution in [3.63, 3.8) is 0 Å². The van der Waals surface area contributed by atoms with Crippen LogP contribution in [-0.2, 0) is 24.8 Å². The molecule has 0 aromatic heterocycles. The van der Waals surface area contributed by atoms with Gasteiger partial charge in [-0.3, -0.25) is 4.79 Å². The molecule has 0 saturated heterocycles. The van der Waals surface area contributed by atoms with E-state index in [0.717, 1.165) is 0 Å². The Balaban J connectivity index is 1.90. The van der Waals surface area contributed by atoms with Crippen LogP contribution in [0.5, 0.6) is 5.75 Å². The molecule has 0 unspecified atom stereocenters. The van der Waals surface area contributed by atoms with E-state index in [2.05, 4.69) is 10.0 Å². The van der Waals surface area contributed by atoms with Crippen molar-refractivity contribution >= 4 is 31.6 Å². The molecule has 0 bridgehead atoms. The van der Waals surface area contributed by atoms with Gasteiger partial charge in [0.25, 0.3) is 5.91 Å². The van der Waals surface area contributed by atoms with Gasteiger partial charge in [-0.1, -0.05) is 6.92 Å². The molecule has 0 aliphatic carbocycles. The minimum Gasteiger partial charge on any atom is -0.484 e. The van der Waals surface area contributed by atoms with Crippen LogP contribution in [0.15, 0.2) is 58.3 Å². The second-order valence-corrected chi connectivity index (χ2v) is 9.10. The number of hydrogen-bond acceptors (Lipinski definition) is 6. The molecular formula is C17H21N3O6S2. The van der Waals surface area contributed by atoms with Gasteiger partial charge in [0.05, 0.1) is 9.79 Å². The maximum Gasteiger partial charge on any atom is 0.262 e. The molecule has 0 heterocycles. The van der Waals surface area contributed by atoms with Crippen molar-refractivity contribution in [2.45, 2.75) is 23.1 Å². The Labute approximate surface area is 164 Å². The molecule has 1 amide bonds. The summed E-state index contributed by atoms with van der Waals surface area (Å²) in [5, 5.41) is 7.55. The van der Waals surface area contributed by atoms with Gasteiger partial charge in [0, 0.05) is 12.2 Å². The van der Waals surface area contributed by atoms with Gasteiger partial charge < -0.3 is 10.1 Å². The average molecular weight is 428 g/mol. The molecule has 2 aromatic carbocycles. The van der Waals surface area contributed by atoms with Gasteiger partial charge >= 0.3 is 0 Å². The maximum atomic E-state index is 12.0. The first-order valence-electron chi connectivity index (χ1n) is 8.27. The molecular weight excluding hydrogens is 406 g/mol. The Morgan fingerprint density at radius 1 is 0.964 bits per heavy atom. The van der Waals surface area contributed by atoms with Gasteiger partial charge in [-0.25, -0.2) is 26.7 Å². The van der Waals surface area contributed by atoms with E-state index < -0.39 is 26.0 Å². The zero-order chi connectivity index (χ0) is 20.8. The molecule has 0 saturated carbocycles. The smallest absolute Gasteiger partial charge is 0.262 e. The highest BCUT2D eigenvalue weighted by atomic mass is 32.2. The highest BCUT2D eigenvalue weighted by Crippen LogP contribution is 2.16. The fourth-order valence-corrected chi connectivity index (χ4v) is 3.76. The first-order valence-corrected chi connectivity index (χ1v) is 11.3. The summed E-state index contributed by atoms with van der Waals surface area (Å²) in [6, 6.07) is 11.0. The Hall–Kier alpha value is -2.47. The van der Waals surface area contributed by atoms with Crippen LogP contribution in [0.3, 0.4) is 0 Å². The van der Waals surface area contributed by atoms with E-state index in [9.17, 15) is 21.6 Å². The van der Waals surface area contributed by atoms with Gasteiger partial charge in [-0.2, -0.15) is 0 Å². The predicted octanol–water partition coefficient (Wildman–Crippen LogP) is 1.04. The van der Waals surface area contributed by atoms with Gasteiger partial charge in [0.15, 0.2) is 6.61 Å². The Bertz CT molecular complexity index is 1020. The SMILES string of the molecule is CCCNS(=O)(=O)c1ccc(OCC(=O)Nc2ccc(S(N)(=O)=O)cc2)cc1. The van der Waals surface area contributed by atoms with Crippen molar-refractivity contribution in [3.8, 4) is 5.75 Å². The molecule has 9 nitrogen and oxygen atoms in total. The predicted molar refractivity (Wildman–Crippen MR) is 104 cm³/mol. The third kappa shape index (κ3) is 6.30. The Kier molecular flexibility index (Phi) is 7.13. The fourth-order valence-electron chi connectivity index (χ4n) is 2.11. The molecule has 11 heteroatoms. The van der Waals surface area contributed by atoms with Crippen molar-refractivity contribution in [3.05, 3.63) is 48.5 Å². The number of rotatable bonds is 9. The largest absolute Gasteiger partial charge is 0.484 e. The quantitative estimate of drug-likeness (QED) is 0.545. The number of sulfonamides is 2. The van der Waals surface area contributed by atoms with Crippen molar-refractivity contribution in [2.24, 2.45) is 5.14 Å². The lowest BCUT2D eigenvalue weighted by atomic mass is 10.3. The molecule has 2 aromatic rings. The van der Waals surface area contributed by atoms with Gasteiger partial charge in [-0.05, 0) is 55.0 Å². The lowest BCUT2D eigenvalue weighted by Gasteiger charge is -2.09. The van der Waals surface area contributed by atoms with E-state index in [1.165, 1.54) is 48.5 Å². The summed E-state index contributed by atoms with van der Waals surface area (Å²) >= 11 is 0.